The maximum atomic E-state index is 13.8. The van der Waals surface area contributed by atoms with Crippen molar-refractivity contribution >= 4 is 39.2 Å². The standard InChI is InChI=1S/C24H27N3O3S2/c1-15-8-9-18-19(12-15)32-22-21(18)23(29)27(17-6-4-3-5-7-17)24(25-22)31-14-20(28)26-10-11-30-16(2)13-26/h3-7,15-16H,8-14H2,1-2H3. The second-order valence-electron chi connectivity index (χ2n) is 8.71. The van der Waals surface area contributed by atoms with Crippen LogP contribution in [0.1, 0.15) is 30.7 Å². The molecule has 0 bridgehead atoms. The van der Waals surface area contributed by atoms with Gasteiger partial charge in [-0.15, -0.1) is 11.3 Å². The highest BCUT2D eigenvalue weighted by atomic mass is 32.2. The average Bonchev–Trinajstić information content (AvgIpc) is 3.15. The number of carbonyl (C=O) groups is 1. The van der Waals surface area contributed by atoms with Crippen molar-refractivity contribution in [3.63, 3.8) is 0 Å². The number of para-hydroxylation sites is 1. The number of aromatic nitrogens is 2. The highest BCUT2D eigenvalue weighted by Crippen LogP contribution is 2.37. The molecule has 1 amide bonds. The monoisotopic (exact) mass is 469 g/mol. The van der Waals surface area contributed by atoms with Crippen LogP contribution in [0.5, 0.6) is 0 Å². The number of carbonyl (C=O) groups excluding carboxylic acids is 1. The Hall–Kier alpha value is -2.16. The van der Waals surface area contributed by atoms with Crippen molar-refractivity contribution < 1.29 is 9.53 Å². The van der Waals surface area contributed by atoms with Crippen LogP contribution >= 0.6 is 23.1 Å². The summed E-state index contributed by atoms with van der Waals surface area (Å²) in [6.07, 6.45) is 3.10. The van der Waals surface area contributed by atoms with Gasteiger partial charge in [0, 0.05) is 18.0 Å². The first-order chi connectivity index (χ1) is 15.5. The number of hydrogen-bond donors (Lipinski definition) is 0. The van der Waals surface area contributed by atoms with Crippen LogP contribution in [-0.4, -0.2) is 51.9 Å². The van der Waals surface area contributed by atoms with Crippen molar-refractivity contribution in [2.24, 2.45) is 5.92 Å². The highest BCUT2D eigenvalue weighted by molar-refractivity contribution is 7.99. The minimum absolute atomic E-state index is 0.0248. The average molecular weight is 470 g/mol. The largest absolute Gasteiger partial charge is 0.375 e. The molecular formula is C24H27N3O3S2. The van der Waals surface area contributed by atoms with Gasteiger partial charge in [-0.3, -0.25) is 14.2 Å². The van der Waals surface area contributed by atoms with E-state index in [9.17, 15) is 9.59 Å². The van der Waals surface area contributed by atoms with Crippen LogP contribution in [0.4, 0.5) is 0 Å². The molecule has 2 unspecified atom stereocenters. The zero-order valence-electron chi connectivity index (χ0n) is 18.4. The van der Waals surface area contributed by atoms with Crippen molar-refractivity contribution in [3.05, 3.63) is 51.1 Å². The van der Waals surface area contributed by atoms with Crippen LogP contribution in [-0.2, 0) is 22.4 Å². The molecule has 32 heavy (non-hydrogen) atoms. The van der Waals surface area contributed by atoms with Gasteiger partial charge in [0.25, 0.3) is 5.56 Å². The number of rotatable bonds is 4. The first-order valence-electron chi connectivity index (χ1n) is 11.2. The fourth-order valence-corrected chi connectivity index (χ4v) is 6.87. The number of amides is 1. The number of thioether (sulfide) groups is 1. The predicted octanol–water partition coefficient (Wildman–Crippen LogP) is 3.91. The zero-order chi connectivity index (χ0) is 22.2. The van der Waals surface area contributed by atoms with Gasteiger partial charge in [-0.25, -0.2) is 4.98 Å². The summed E-state index contributed by atoms with van der Waals surface area (Å²) in [6.45, 7) is 6.03. The predicted molar refractivity (Wildman–Crippen MR) is 129 cm³/mol. The highest BCUT2D eigenvalue weighted by Gasteiger charge is 2.26. The summed E-state index contributed by atoms with van der Waals surface area (Å²) >= 11 is 3.00. The minimum atomic E-state index is -0.0248. The van der Waals surface area contributed by atoms with Crippen LogP contribution < -0.4 is 5.56 Å². The van der Waals surface area contributed by atoms with Crippen molar-refractivity contribution in [1.82, 2.24) is 14.5 Å². The van der Waals surface area contributed by atoms with Gasteiger partial charge in [-0.2, -0.15) is 0 Å². The third kappa shape index (κ3) is 4.11. The van der Waals surface area contributed by atoms with E-state index in [4.69, 9.17) is 9.72 Å². The van der Waals surface area contributed by atoms with Gasteiger partial charge in [0.2, 0.25) is 5.91 Å². The number of thiophene rings is 1. The van der Waals surface area contributed by atoms with E-state index >= 15 is 0 Å². The Balaban J connectivity index is 1.53. The van der Waals surface area contributed by atoms with E-state index in [0.29, 0.717) is 30.8 Å². The van der Waals surface area contributed by atoms with Gasteiger partial charge in [0.05, 0.1) is 29.5 Å². The van der Waals surface area contributed by atoms with E-state index in [1.807, 2.05) is 42.2 Å². The Morgan fingerprint density at radius 3 is 2.88 bits per heavy atom. The minimum Gasteiger partial charge on any atom is -0.375 e. The number of aryl methyl sites for hydroxylation is 1. The lowest BCUT2D eigenvalue weighted by Crippen LogP contribution is -2.45. The van der Waals surface area contributed by atoms with Gasteiger partial charge in [0.1, 0.15) is 4.83 Å². The molecule has 5 rings (SSSR count). The van der Waals surface area contributed by atoms with Gasteiger partial charge in [0.15, 0.2) is 5.16 Å². The summed E-state index contributed by atoms with van der Waals surface area (Å²) in [5.74, 6) is 0.937. The smallest absolute Gasteiger partial charge is 0.267 e. The Morgan fingerprint density at radius 2 is 2.09 bits per heavy atom. The topological polar surface area (TPSA) is 64.4 Å². The van der Waals surface area contributed by atoms with Gasteiger partial charge < -0.3 is 9.64 Å². The molecule has 3 heterocycles. The first kappa shape index (κ1) is 21.7. The third-order valence-corrected chi connectivity index (χ3v) is 8.30. The summed E-state index contributed by atoms with van der Waals surface area (Å²) in [5.41, 5.74) is 1.94. The number of hydrogen-bond acceptors (Lipinski definition) is 6. The molecule has 2 aromatic heterocycles. The number of benzene rings is 1. The fourth-order valence-electron chi connectivity index (χ4n) is 4.54. The molecule has 0 radical (unpaired) electrons. The molecule has 1 aliphatic heterocycles. The van der Waals surface area contributed by atoms with Crippen molar-refractivity contribution in [3.8, 4) is 5.69 Å². The number of morpholine rings is 1. The lowest BCUT2D eigenvalue weighted by molar-refractivity contribution is -0.135. The molecule has 1 aliphatic carbocycles. The molecular weight excluding hydrogens is 442 g/mol. The van der Waals surface area contributed by atoms with E-state index in [-0.39, 0.29) is 23.3 Å². The molecule has 1 aromatic carbocycles. The maximum Gasteiger partial charge on any atom is 0.267 e. The lowest BCUT2D eigenvalue weighted by Gasteiger charge is -2.31. The number of ether oxygens (including phenoxy) is 1. The van der Waals surface area contributed by atoms with E-state index in [1.54, 1.807) is 15.9 Å². The first-order valence-corrected chi connectivity index (χ1v) is 13.0. The molecule has 6 nitrogen and oxygen atoms in total. The normalized spacial score (nSPS) is 21.0. The summed E-state index contributed by atoms with van der Waals surface area (Å²) in [7, 11) is 0. The molecule has 0 saturated carbocycles. The number of fused-ring (bicyclic) bond motifs is 3. The van der Waals surface area contributed by atoms with Crippen LogP contribution in [0.2, 0.25) is 0 Å². The quantitative estimate of drug-likeness (QED) is 0.428. The Labute approximate surface area is 195 Å². The van der Waals surface area contributed by atoms with E-state index in [2.05, 4.69) is 6.92 Å². The van der Waals surface area contributed by atoms with Crippen molar-refractivity contribution in [1.29, 1.82) is 0 Å². The summed E-state index contributed by atoms with van der Waals surface area (Å²) in [5, 5.41) is 1.34. The summed E-state index contributed by atoms with van der Waals surface area (Å²) in [6, 6.07) is 9.62. The fraction of sp³-hybridized carbons (Fsp3) is 0.458. The molecule has 3 aromatic rings. The molecule has 1 saturated heterocycles. The van der Waals surface area contributed by atoms with Gasteiger partial charge in [-0.1, -0.05) is 36.9 Å². The van der Waals surface area contributed by atoms with Crippen LogP contribution in [0, 0.1) is 5.92 Å². The zero-order valence-corrected chi connectivity index (χ0v) is 20.0. The molecule has 0 N–H and O–H groups in total. The van der Waals surface area contributed by atoms with Crippen LogP contribution in [0.25, 0.3) is 15.9 Å². The summed E-state index contributed by atoms with van der Waals surface area (Å²) in [4.78, 5) is 35.5. The van der Waals surface area contributed by atoms with Crippen molar-refractivity contribution in [2.75, 3.05) is 25.4 Å². The van der Waals surface area contributed by atoms with E-state index in [1.165, 1.54) is 22.2 Å². The van der Waals surface area contributed by atoms with Crippen LogP contribution in [0.3, 0.4) is 0 Å². The molecule has 2 aliphatic rings. The Bertz CT molecular complexity index is 1200. The van der Waals surface area contributed by atoms with E-state index in [0.717, 1.165) is 35.2 Å². The van der Waals surface area contributed by atoms with E-state index < -0.39 is 0 Å². The van der Waals surface area contributed by atoms with Crippen molar-refractivity contribution in [2.45, 2.75) is 44.4 Å². The second-order valence-corrected chi connectivity index (χ2v) is 10.7. The maximum absolute atomic E-state index is 13.8. The van der Waals surface area contributed by atoms with Gasteiger partial charge >= 0.3 is 0 Å². The molecule has 0 spiro atoms. The number of nitrogens with zero attached hydrogens (tertiary/aromatic N) is 3. The lowest BCUT2D eigenvalue weighted by atomic mass is 9.89. The SMILES string of the molecule is CC1CCc2c(sc3nc(SCC(=O)N4CCOC(C)C4)n(-c4ccccc4)c(=O)c23)C1. The van der Waals surface area contributed by atoms with Gasteiger partial charge in [-0.05, 0) is 49.8 Å². The molecule has 168 valence electrons. The second kappa shape index (κ2) is 9.00. The Kier molecular flexibility index (Phi) is 6.09. The molecule has 8 heteroatoms. The molecule has 1 fully saturated rings. The molecule has 2 atom stereocenters. The van der Waals surface area contributed by atoms with Crippen LogP contribution in [0.15, 0.2) is 40.3 Å². The third-order valence-electron chi connectivity index (χ3n) is 6.23. The summed E-state index contributed by atoms with van der Waals surface area (Å²) < 4.78 is 7.24. The Morgan fingerprint density at radius 1 is 1.28 bits per heavy atom.